The molecule has 0 aliphatic carbocycles. The molecule has 1 aromatic carbocycles. The predicted molar refractivity (Wildman–Crippen MR) is 71.8 cm³/mol. The van der Waals surface area contributed by atoms with Crippen LogP contribution in [0.4, 0.5) is 0 Å². The maximum atomic E-state index is 5.66. The summed E-state index contributed by atoms with van der Waals surface area (Å²) < 4.78 is 1.79. The van der Waals surface area contributed by atoms with Crippen molar-refractivity contribution >= 4 is 10.9 Å². The predicted octanol–water partition coefficient (Wildman–Crippen LogP) is 2.09. The van der Waals surface area contributed by atoms with Gasteiger partial charge in [-0.05, 0) is 23.8 Å². The van der Waals surface area contributed by atoms with Gasteiger partial charge in [-0.25, -0.2) is 0 Å². The van der Waals surface area contributed by atoms with Gasteiger partial charge in [0.15, 0.2) is 0 Å². The van der Waals surface area contributed by atoms with Crippen LogP contribution >= 0.6 is 0 Å². The minimum absolute atomic E-state index is 0.549. The Labute approximate surface area is 105 Å². The molecule has 0 aliphatic heterocycles. The molecular weight excluding hydrogens is 224 g/mol. The van der Waals surface area contributed by atoms with Crippen molar-refractivity contribution in [1.82, 2.24) is 14.8 Å². The summed E-state index contributed by atoms with van der Waals surface area (Å²) >= 11 is 0. The lowest BCUT2D eigenvalue weighted by atomic mass is 10.1. The van der Waals surface area contributed by atoms with Gasteiger partial charge in [-0.15, -0.1) is 0 Å². The molecule has 0 spiro atoms. The highest BCUT2D eigenvalue weighted by atomic mass is 15.2. The van der Waals surface area contributed by atoms with Crippen molar-refractivity contribution in [3.63, 3.8) is 0 Å². The third-order valence-corrected chi connectivity index (χ3v) is 3.02. The summed E-state index contributed by atoms with van der Waals surface area (Å²) in [5.41, 5.74) is 9.91. The number of aryl methyl sites for hydroxylation is 1. The fraction of sp³-hybridized carbons (Fsp3) is 0.143. The first-order valence-corrected chi connectivity index (χ1v) is 5.84. The quantitative estimate of drug-likeness (QED) is 0.743. The van der Waals surface area contributed by atoms with E-state index in [1.807, 2.05) is 37.8 Å². The number of fused-ring (bicyclic) bond motifs is 1. The fourth-order valence-electron chi connectivity index (χ4n) is 2.04. The molecule has 2 N–H and O–H groups in total. The largest absolute Gasteiger partial charge is 0.326 e. The Morgan fingerprint density at radius 3 is 2.78 bits per heavy atom. The molecule has 0 amide bonds. The molecule has 4 nitrogen and oxygen atoms in total. The van der Waals surface area contributed by atoms with Crippen LogP contribution in [0.5, 0.6) is 0 Å². The number of benzene rings is 1. The second-order valence-corrected chi connectivity index (χ2v) is 4.36. The zero-order chi connectivity index (χ0) is 12.5. The van der Waals surface area contributed by atoms with Crippen LogP contribution in [0.3, 0.4) is 0 Å². The zero-order valence-corrected chi connectivity index (χ0v) is 10.2. The number of aromatic nitrogens is 3. The Balaban J connectivity index is 2.14. The van der Waals surface area contributed by atoms with E-state index in [1.165, 1.54) is 0 Å². The summed E-state index contributed by atoms with van der Waals surface area (Å²) in [5.74, 6) is 0. The molecule has 18 heavy (non-hydrogen) atoms. The van der Waals surface area contributed by atoms with E-state index in [0.717, 1.165) is 27.6 Å². The molecular formula is C14H14N4. The maximum absolute atomic E-state index is 5.66. The highest BCUT2D eigenvalue weighted by Gasteiger charge is 2.03. The van der Waals surface area contributed by atoms with E-state index in [9.17, 15) is 0 Å². The highest BCUT2D eigenvalue weighted by molar-refractivity contribution is 5.83. The first-order chi connectivity index (χ1) is 8.76. The number of nitrogens with two attached hydrogens (primary N) is 1. The van der Waals surface area contributed by atoms with Gasteiger partial charge in [0.05, 0.1) is 11.7 Å². The van der Waals surface area contributed by atoms with Gasteiger partial charge in [-0.2, -0.15) is 5.10 Å². The van der Waals surface area contributed by atoms with Crippen LogP contribution in [-0.2, 0) is 13.6 Å². The van der Waals surface area contributed by atoms with E-state index < -0.39 is 0 Å². The Morgan fingerprint density at radius 2 is 2.06 bits per heavy atom. The zero-order valence-electron chi connectivity index (χ0n) is 10.2. The molecule has 0 atom stereocenters. The van der Waals surface area contributed by atoms with Gasteiger partial charge in [-0.3, -0.25) is 9.67 Å². The first-order valence-electron chi connectivity index (χ1n) is 5.84. The second kappa shape index (κ2) is 4.23. The monoisotopic (exact) mass is 238 g/mol. The summed E-state index contributed by atoms with van der Waals surface area (Å²) in [6.07, 6.45) is 5.70. The molecule has 0 radical (unpaired) electrons. The van der Waals surface area contributed by atoms with Crippen LogP contribution in [0.1, 0.15) is 5.56 Å². The van der Waals surface area contributed by atoms with Crippen molar-refractivity contribution in [1.29, 1.82) is 0 Å². The van der Waals surface area contributed by atoms with Gasteiger partial charge in [0.2, 0.25) is 0 Å². The standard InChI is InChI=1S/C14H14N4/c1-18-9-13(8-17-18)12-5-11-4-10(6-15)2-3-14(11)16-7-12/h2-5,7-9H,6,15H2,1H3. The molecule has 0 saturated carbocycles. The minimum atomic E-state index is 0.549. The molecule has 0 fully saturated rings. The van der Waals surface area contributed by atoms with Gasteiger partial charge < -0.3 is 5.73 Å². The Kier molecular flexibility index (Phi) is 2.57. The summed E-state index contributed by atoms with van der Waals surface area (Å²) in [6, 6.07) is 8.23. The van der Waals surface area contributed by atoms with Crippen molar-refractivity contribution in [2.45, 2.75) is 6.54 Å². The topological polar surface area (TPSA) is 56.7 Å². The van der Waals surface area contributed by atoms with E-state index in [4.69, 9.17) is 5.73 Å². The molecule has 2 heterocycles. The van der Waals surface area contributed by atoms with Gasteiger partial charge >= 0.3 is 0 Å². The van der Waals surface area contributed by atoms with Gasteiger partial charge in [0.1, 0.15) is 0 Å². The maximum Gasteiger partial charge on any atom is 0.0702 e. The van der Waals surface area contributed by atoms with Crippen LogP contribution in [0.2, 0.25) is 0 Å². The van der Waals surface area contributed by atoms with Crippen molar-refractivity contribution in [2.75, 3.05) is 0 Å². The van der Waals surface area contributed by atoms with Gasteiger partial charge in [0, 0.05) is 42.5 Å². The average molecular weight is 238 g/mol. The van der Waals surface area contributed by atoms with Crippen LogP contribution < -0.4 is 5.73 Å². The van der Waals surface area contributed by atoms with Crippen LogP contribution in [0.25, 0.3) is 22.0 Å². The van der Waals surface area contributed by atoms with E-state index in [-0.39, 0.29) is 0 Å². The van der Waals surface area contributed by atoms with Gasteiger partial charge in [-0.1, -0.05) is 6.07 Å². The normalized spacial score (nSPS) is 11.0. The summed E-state index contributed by atoms with van der Waals surface area (Å²) in [5, 5.41) is 5.29. The highest BCUT2D eigenvalue weighted by Crippen LogP contribution is 2.22. The third kappa shape index (κ3) is 1.87. The third-order valence-electron chi connectivity index (χ3n) is 3.02. The van der Waals surface area contributed by atoms with Crippen molar-refractivity contribution in [2.24, 2.45) is 12.8 Å². The molecule has 4 heteroatoms. The SMILES string of the molecule is Cn1cc(-c2cnc3ccc(CN)cc3c2)cn1. The van der Waals surface area contributed by atoms with E-state index >= 15 is 0 Å². The Bertz CT molecular complexity index is 700. The number of hydrogen-bond acceptors (Lipinski definition) is 3. The lowest BCUT2D eigenvalue weighted by Crippen LogP contribution is -1.95. The number of pyridine rings is 1. The Morgan fingerprint density at radius 1 is 1.17 bits per heavy atom. The summed E-state index contributed by atoms with van der Waals surface area (Å²) in [7, 11) is 1.91. The van der Waals surface area contributed by atoms with E-state index in [1.54, 1.807) is 4.68 Å². The minimum Gasteiger partial charge on any atom is -0.326 e. The van der Waals surface area contributed by atoms with Gasteiger partial charge in [0.25, 0.3) is 0 Å². The lowest BCUT2D eigenvalue weighted by Gasteiger charge is -2.03. The molecule has 3 rings (SSSR count). The molecule has 0 bridgehead atoms. The first kappa shape index (κ1) is 10.9. The lowest BCUT2D eigenvalue weighted by molar-refractivity contribution is 0.768. The summed E-state index contributed by atoms with van der Waals surface area (Å²) in [4.78, 5) is 4.46. The molecule has 0 aliphatic rings. The summed E-state index contributed by atoms with van der Waals surface area (Å²) in [6.45, 7) is 0.549. The van der Waals surface area contributed by atoms with Crippen LogP contribution in [0.15, 0.2) is 42.9 Å². The Hall–Kier alpha value is -2.20. The fourth-order valence-corrected chi connectivity index (χ4v) is 2.04. The van der Waals surface area contributed by atoms with Crippen LogP contribution in [-0.4, -0.2) is 14.8 Å². The van der Waals surface area contributed by atoms with Crippen molar-refractivity contribution in [3.05, 3.63) is 48.4 Å². The van der Waals surface area contributed by atoms with Crippen LogP contribution in [0, 0.1) is 0 Å². The number of rotatable bonds is 2. The molecule has 90 valence electrons. The number of hydrogen-bond donors (Lipinski definition) is 1. The number of nitrogens with zero attached hydrogens (tertiary/aromatic N) is 3. The average Bonchev–Trinajstić information content (AvgIpc) is 2.84. The molecule has 2 aromatic heterocycles. The smallest absolute Gasteiger partial charge is 0.0702 e. The second-order valence-electron chi connectivity index (χ2n) is 4.36. The van der Waals surface area contributed by atoms with Crippen molar-refractivity contribution < 1.29 is 0 Å². The molecule has 0 unspecified atom stereocenters. The molecule has 3 aromatic rings. The molecule has 0 saturated heterocycles. The van der Waals surface area contributed by atoms with Crippen molar-refractivity contribution in [3.8, 4) is 11.1 Å². The van der Waals surface area contributed by atoms with E-state index in [2.05, 4.69) is 22.2 Å². The van der Waals surface area contributed by atoms with E-state index in [0.29, 0.717) is 6.54 Å².